The minimum Gasteiger partial charge on any atom is -0.294 e. The molecule has 3 rings (SSSR count). The number of fused-ring (bicyclic) bond motifs is 1. The second kappa shape index (κ2) is 5.74. The van der Waals surface area contributed by atoms with Crippen LogP contribution in [0.4, 0.5) is 4.39 Å². The van der Waals surface area contributed by atoms with Crippen LogP contribution < -0.4 is 0 Å². The second-order valence-electron chi connectivity index (χ2n) is 4.75. The van der Waals surface area contributed by atoms with Gasteiger partial charge in [0.15, 0.2) is 5.78 Å². The summed E-state index contributed by atoms with van der Waals surface area (Å²) in [4.78, 5) is 16.5. The quantitative estimate of drug-likeness (QED) is 0.652. The highest BCUT2D eigenvalue weighted by Gasteiger charge is 2.13. The smallest absolute Gasteiger partial charge is 0.167 e. The molecule has 0 fully saturated rings. The first-order valence-corrected chi connectivity index (χ1v) is 7.24. The van der Waals surface area contributed by atoms with Gasteiger partial charge in [-0.15, -0.1) is 0 Å². The van der Waals surface area contributed by atoms with Crippen LogP contribution in [0.3, 0.4) is 0 Å². The molecule has 0 radical (unpaired) electrons. The van der Waals surface area contributed by atoms with Crippen molar-refractivity contribution in [3.63, 3.8) is 0 Å². The molecule has 1 heterocycles. The summed E-state index contributed by atoms with van der Waals surface area (Å²) in [6, 6.07) is 11.8. The predicted octanol–water partition coefficient (Wildman–Crippen LogP) is 4.56. The first kappa shape index (κ1) is 13.9. The van der Waals surface area contributed by atoms with Gasteiger partial charge in [0.1, 0.15) is 5.82 Å². The van der Waals surface area contributed by atoms with Crippen LogP contribution in [0, 0.1) is 5.82 Å². The van der Waals surface area contributed by atoms with E-state index in [4.69, 9.17) is 0 Å². The maximum Gasteiger partial charge on any atom is 0.167 e. The Morgan fingerprint density at radius 1 is 1.10 bits per heavy atom. The SMILES string of the molecule is O=C(Cc1cncc(Br)c1)c1ccc(F)c2ccccc12. The van der Waals surface area contributed by atoms with Crippen molar-refractivity contribution >= 4 is 32.5 Å². The first-order chi connectivity index (χ1) is 10.1. The molecule has 21 heavy (non-hydrogen) atoms. The number of rotatable bonds is 3. The summed E-state index contributed by atoms with van der Waals surface area (Å²) in [5.41, 5.74) is 1.36. The zero-order chi connectivity index (χ0) is 14.8. The third kappa shape index (κ3) is 2.85. The highest BCUT2D eigenvalue weighted by atomic mass is 79.9. The van der Waals surface area contributed by atoms with Gasteiger partial charge in [-0.3, -0.25) is 9.78 Å². The molecular weight excluding hydrogens is 333 g/mol. The van der Waals surface area contributed by atoms with Gasteiger partial charge < -0.3 is 0 Å². The van der Waals surface area contributed by atoms with E-state index >= 15 is 0 Å². The van der Waals surface area contributed by atoms with Crippen molar-refractivity contribution in [3.8, 4) is 0 Å². The molecule has 4 heteroatoms. The number of benzene rings is 2. The minimum absolute atomic E-state index is 0.0499. The molecule has 0 aliphatic carbocycles. The van der Waals surface area contributed by atoms with E-state index in [1.54, 1.807) is 42.7 Å². The van der Waals surface area contributed by atoms with Crippen LogP contribution in [0.2, 0.25) is 0 Å². The van der Waals surface area contributed by atoms with E-state index in [1.807, 2.05) is 6.07 Å². The largest absolute Gasteiger partial charge is 0.294 e. The van der Waals surface area contributed by atoms with Crippen LogP contribution in [0.15, 0.2) is 59.3 Å². The second-order valence-corrected chi connectivity index (χ2v) is 5.67. The van der Waals surface area contributed by atoms with Gasteiger partial charge in [-0.05, 0) is 45.1 Å². The van der Waals surface area contributed by atoms with E-state index in [2.05, 4.69) is 20.9 Å². The lowest BCUT2D eigenvalue weighted by Crippen LogP contribution is -2.05. The fourth-order valence-electron chi connectivity index (χ4n) is 2.34. The topological polar surface area (TPSA) is 30.0 Å². The molecule has 3 aromatic rings. The number of carbonyl (C=O) groups excluding carboxylic acids is 1. The molecule has 0 atom stereocenters. The molecule has 104 valence electrons. The lowest BCUT2D eigenvalue weighted by atomic mass is 9.98. The Hall–Kier alpha value is -2.07. The van der Waals surface area contributed by atoms with Crippen LogP contribution in [0.1, 0.15) is 15.9 Å². The van der Waals surface area contributed by atoms with Gasteiger partial charge in [0.2, 0.25) is 0 Å². The van der Waals surface area contributed by atoms with Crippen LogP contribution >= 0.6 is 15.9 Å². The van der Waals surface area contributed by atoms with Crippen LogP contribution in [-0.4, -0.2) is 10.8 Å². The molecule has 0 aliphatic rings. The molecule has 2 aromatic carbocycles. The fourth-order valence-corrected chi connectivity index (χ4v) is 2.75. The minimum atomic E-state index is -0.314. The first-order valence-electron chi connectivity index (χ1n) is 6.45. The van der Waals surface area contributed by atoms with Crippen molar-refractivity contribution in [3.05, 3.63) is 76.3 Å². The average molecular weight is 344 g/mol. The van der Waals surface area contributed by atoms with E-state index in [0.29, 0.717) is 16.3 Å². The Kier molecular flexibility index (Phi) is 3.80. The molecule has 0 amide bonds. The van der Waals surface area contributed by atoms with Gasteiger partial charge in [-0.1, -0.05) is 24.3 Å². The molecule has 0 spiro atoms. The Bertz CT molecular complexity index is 832. The van der Waals surface area contributed by atoms with Gasteiger partial charge in [0, 0.05) is 34.2 Å². The van der Waals surface area contributed by atoms with Gasteiger partial charge in [0.25, 0.3) is 0 Å². The summed E-state index contributed by atoms with van der Waals surface area (Å²) < 4.78 is 14.6. The molecule has 0 unspecified atom stereocenters. The zero-order valence-electron chi connectivity index (χ0n) is 11.0. The highest BCUT2D eigenvalue weighted by molar-refractivity contribution is 9.10. The monoisotopic (exact) mass is 343 g/mol. The van der Waals surface area contributed by atoms with E-state index in [-0.39, 0.29) is 18.0 Å². The molecule has 0 saturated heterocycles. The summed E-state index contributed by atoms with van der Waals surface area (Å²) in [5.74, 6) is -0.364. The lowest BCUT2D eigenvalue weighted by Gasteiger charge is -2.07. The summed E-state index contributed by atoms with van der Waals surface area (Å²) in [5, 5.41) is 1.11. The molecule has 0 N–H and O–H groups in total. The van der Waals surface area contributed by atoms with Crippen molar-refractivity contribution < 1.29 is 9.18 Å². The molecule has 1 aromatic heterocycles. The third-order valence-electron chi connectivity index (χ3n) is 3.30. The summed E-state index contributed by atoms with van der Waals surface area (Å²) in [7, 11) is 0. The third-order valence-corrected chi connectivity index (χ3v) is 3.73. The zero-order valence-corrected chi connectivity index (χ0v) is 12.6. The average Bonchev–Trinajstić information content (AvgIpc) is 2.48. The highest BCUT2D eigenvalue weighted by Crippen LogP contribution is 2.23. The molecule has 0 bridgehead atoms. The number of Topliss-reactive ketones (excluding diaryl/α,β-unsaturated/α-hetero) is 1. The molecule has 2 nitrogen and oxygen atoms in total. The van der Waals surface area contributed by atoms with E-state index in [1.165, 1.54) is 6.07 Å². The van der Waals surface area contributed by atoms with Crippen molar-refractivity contribution in [2.45, 2.75) is 6.42 Å². The Morgan fingerprint density at radius 3 is 2.62 bits per heavy atom. The summed E-state index contributed by atoms with van der Waals surface area (Å²) >= 11 is 3.33. The number of ketones is 1. The number of hydrogen-bond acceptors (Lipinski definition) is 2. The summed E-state index contributed by atoms with van der Waals surface area (Å²) in [6.07, 6.45) is 3.57. The lowest BCUT2D eigenvalue weighted by molar-refractivity contribution is 0.0994. The van der Waals surface area contributed by atoms with Crippen LogP contribution in [-0.2, 0) is 6.42 Å². The number of pyridine rings is 1. The predicted molar refractivity (Wildman–Crippen MR) is 83.9 cm³/mol. The van der Waals surface area contributed by atoms with Crippen LogP contribution in [0.25, 0.3) is 10.8 Å². The van der Waals surface area contributed by atoms with Crippen molar-refractivity contribution in [2.24, 2.45) is 0 Å². The van der Waals surface area contributed by atoms with Gasteiger partial charge in [-0.2, -0.15) is 0 Å². The maximum atomic E-state index is 13.8. The van der Waals surface area contributed by atoms with E-state index in [9.17, 15) is 9.18 Å². The van der Waals surface area contributed by atoms with E-state index < -0.39 is 0 Å². The van der Waals surface area contributed by atoms with Crippen molar-refractivity contribution in [2.75, 3.05) is 0 Å². The number of nitrogens with zero attached hydrogens (tertiary/aromatic N) is 1. The van der Waals surface area contributed by atoms with Crippen LogP contribution in [0.5, 0.6) is 0 Å². The normalized spacial score (nSPS) is 10.8. The van der Waals surface area contributed by atoms with Crippen molar-refractivity contribution in [1.29, 1.82) is 0 Å². The Balaban J connectivity index is 2.01. The fraction of sp³-hybridized carbons (Fsp3) is 0.0588. The molecule has 0 aliphatic heterocycles. The van der Waals surface area contributed by atoms with Crippen molar-refractivity contribution in [1.82, 2.24) is 4.98 Å². The maximum absolute atomic E-state index is 13.8. The van der Waals surface area contributed by atoms with Gasteiger partial charge in [0.05, 0.1) is 0 Å². The van der Waals surface area contributed by atoms with Gasteiger partial charge >= 0.3 is 0 Å². The standard InChI is InChI=1S/C17H11BrFNO/c18-12-7-11(9-20-10-12)8-17(21)15-5-6-16(19)14-4-2-1-3-13(14)15/h1-7,9-10H,8H2. The summed E-state index contributed by atoms with van der Waals surface area (Å²) in [6.45, 7) is 0. The number of carbonyl (C=O) groups is 1. The molecule has 0 saturated carbocycles. The number of halogens is 2. The Labute approximate surface area is 129 Å². The van der Waals surface area contributed by atoms with E-state index in [0.717, 1.165) is 10.0 Å². The molecular formula is C17H11BrFNO. The Morgan fingerprint density at radius 2 is 1.86 bits per heavy atom. The number of aromatic nitrogens is 1. The van der Waals surface area contributed by atoms with Gasteiger partial charge in [-0.25, -0.2) is 4.39 Å². The number of hydrogen-bond donors (Lipinski definition) is 0.